The first-order valence-electron chi connectivity index (χ1n) is 7.79. The van der Waals surface area contributed by atoms with Crippen molar-refractivity contribution in [1.29, 1.82) is 0 Å². The number of piperazine rings is 1. The van der Waals surface area contributed by atoms with Gasteiger partial charge in [0.2, 0.25) is 11.8 Å². The molecule has 7 heteroatoms. The van der Waals surface area contributed by atoms with E-state index in [0.29, 0.717) is 36.2 Å². The van der Waals surface area contributed by atoms with Crippen LogP contribution in [0.3, 0.4) is 0 Å². The number of carbonyl (C=O) groups is 2. The topological polar surface area (TPSA) is 52.7 Å². The monoisotopic (exact) mass is 355 g/mol. The largest absolute Gasteiger partial charge is 0.376 e. The van der Waals surface area contributed by atoms with Gasteiger partial charge in [0, 0.05) is 47.8 Å². The van der Waals surface area contributed by atoms with Crippen molar-refractivity contribution in [3.05, 3.63) is 28.2 Å². The fourth-order valence-corrected chi connectivity index (χ4v) is 3.24. The van der Waals surface area contributed by atoms with Crippen molar-refractivity contribution in [2.24, 2.45) is 5.92 Å². The summed E-state index contributed by atoms with van der Waals surface area (Å²) in [6, 6.07) is 5.10. The van der Waals surface area contributed by atoms with Gasteiger partial charge in [-0.15, -0.1) is 0 Å². The molecule has 1 heterocycles. The molecule has 1 aliphatic heterocycles. The fraction of sp³-hybridized carbons (Fsp3) is 0.500. The van der Waals surface area contributed by atoms with Gasteiger partial charge in [-0.25, -0.2) is 0 Å². The molecule has 2 amide bonds. The number of nitrogens with one attached hydrogen (secondary N) is 1. The highest BCUT2D eigenvalue weighted by Gasteiger charge is 2.35. The molecule has 1 aromatic rings. The summed E-state index contributed by atoms with van der Waals surface area (Å²) >= 11 is 11.9. The average Bonchev–Trinajstić information content (AvgIpc) is 3.36. The van der Waals surface area contributed by atoms with Gasteiger partial charge in [0.05, 0.1) is 6.54 Å². The van der Waals surface area contributed by atoms with Crippen LogP contribution < -0.4 is 5.32 Å². The first-order chi connectivity index (χ1) is 11.0. The van der Waals surface area contributed by atoms with Crippen LogP contribution in [0.25, 0.3) is 0 Å². The number of anilines is 1. The first kappa shape index (κ1) is 16.4. The van der Waals surface area contributed by atoms with Crippen molar-refractivity contribution in [2.45, 2.75) is 12.8 Å². The molecule has 2 aliphatic rings. The Labute approximate surface area is 145 Å². The van der Waals surface area contributed by atoms with Crippen molar-refractivity contribution >= 4 is 40.7 Å². The molecule has 1 aliphatic carbocycles. The van der Waals surface area contributed by atoms with Gasteiger partial charge in [0.25, 0.3) is 0 Å². The Morgan fingerprint density at radius 1 is 1.00 bits per heavy atom. The Hall–Kier alpha value is -1.46. The minimum Gasteiger partial charge on any atom is -0.376 e. The van der Waals surface area contributed by atoms with Gasteiger partial charge in [-0.2, -0.15) is 0 Å². The second-order valence-electron chi connectivity index (χ2n) is 5.99. The van der Waals surface area contributed by atoms with E-state index in [1.54, 1.807) is 23.1 Å². The SMILES string of the molecule is O=C(CNc1cc(Cl)cc(Cl)c1)N1CCN(C(=O)C2CC2)CC1. The van der Waals surface area contributed by atoms with Crippen LogP contribution in [0.4, 0.5) is 5.69 Å². The van der Waals surface area contributed by atoms with E-state index < -0.39 is 0 Å². The van der Waals surface area contributed by atoms with Gasteiger partial charge in [0.1, 0.15) is 0 Å². The Morgan fingerprint density at radius 2 is 1.57 bits per heavy atom. The normalized spacial score (nSPS) is 18.0. The van der Waals surface area contributed by atoms with Crippen LogP contribution >= 0.6 is 23.2 Å². The van der Waals surface area contributed by atoms with E-state index in [1.165, 1.54) is 0 Å². The maximum absolute atomic E-state index is 12.3. The van der Waals surface area contributed by atoms with Gasteiger partial charge in [-0.05, 0) is 31.0 Å². The summed E-state index contributed by atoms with van der Waals surface area (Å²) < 4.78 is 0. The third-order valence-electron chi connectivity index (χ3n) is 4.18. The molecular formula is C16H19Cl2N3O2. The summed E-state index contributed by atoms with van der Waals surface area (Å²) in [6.07, 6.45) is 2.04. The number of hydrogen-bond acceptors (Lipinski definition) is 3. The highest BCUT2D eigenvalue weighted by atomic mass is 35.5. The highest BCUT2D eigenvalue weighted by molar-refractivity contribution is 6.35. The lowest BCUT2D eigenvalue weighted by atomic mass is 10.2. The smallest absolute Gasteiger partial charge is 0.241 e. The molecule has 0 aromatic heterocycles. The van der Waals surface area contributed by atoms with Crippen molar-refractivity contribution in [1.82, 2.24) is 9.80 Å². The molecule has 124 valence electrons. The number of benzene rings is 1. The van der Waals surface area contributed by atoms with Crippen molar-refractivity contribution in [3.8, 4) is 0 Å². The molecule has 5 nitrogen and oxygen atoms in total. The molecule has 1 N–H and O–H groups in total. The summed E-state index contributed by atoms with van der Waals surface area (Å²) in [5.74, 6) is 0.509. The minimum atomic E-state index is 0.0135. The van der Waals surface area contributed by atoms with Crippen LogP contribution in [-0.2, 0) is 9.59 Å². The molecular weight excluding hydrogens is 337 g/mol. The van der Waals surface area contributed by atoms with Crippen LogP contribution in [0.1, 0.15) is 12.8 Å². The Morgan fingerprint density at radius 3 is 2.13 bits per heavy atom. The van der Waals surface area contributed by atoms with Crippen LogP contribution in [0.15, 0.2) is 18.2 Å². The molecule has 0 atom stereocenters. The Balaban J connectivity index is 1.46. The standard InChI is InChI=1S/C16H19Cl2N3O2/c17-12-7-13(18)9-14(8-12)19-10-15(22)20-3-5-21(6-4-20)16(23)11-1-2-11/h7-9,11,19H,1-6,10H2. The molecule has 0 radical (unpaired) electrons. The Bertz CT molecular complexity index is 591. The quantitative estimate of drug-likeness (QED) is 0.902. The van der Waals surface area contributed by atoms with Crippen molar-refractivity contribution in [3.63, 3.8) is 0 Å². The minimum absolute atomic E-state index is 0.0135. The zero-order valence-electron chi connectivity index (χ0n) is 12.7. The van der Waals surface area contributed by atoms with Gasteiger partial charge in [-0.3, -0.25) is 9.59 Å². The molecule has 0 unspecified atom stereocenters. The zero-order chi connectivity index (χ0) is 16.4. The van der Waals surface area contributed by atoms with Crippen molar-refractivity contribution < 1.29 is 9.59 Å². The lowest BCUT2D eigenvalue weighted by Crippen LogP contribution is -2.52. The first-order valence-corrected chi connectivity index (χ1v) is 8.55. The van der Waals surface area contributed by atoms with E-state index in [9.17, 15) is 9.59 Å². The number of nitrogens with zero attached hydrogens (tertiary/aromatic N) is 2. The summed E-state index contributed by atoms with van der Waals surface area (Å²) in [6.45, 7) is 2.63. The third-order valence-corrected chi connectivity index (χ3v) is 4.61. The lowest BCUT2D eigenvalue weighted by molar-refractivity contribution is -0.139. The average molecular weight is 356 g/mol. The maximum Gasteiger partial charge on any atom is 0.241 e. The fourth-order valence-electron chi connectivity index (χ4n) is 2.71. The van der Waals surface area contributed by atoms with Crippen molar-refractivity contribution in [2.75, 3.05) is 38.0 Å². The lowest BCUT2D eigenvalue weighted by Gasteiger charge is -2.35. The number of carbonyl (C=O) groups excluding carboxylic acids is 2. The van der Waals surface area contributed by atoms with E-state index in [2.05, 4.69) is 5.32 Å². The number of rotatable bonds is 4. The number of halogens is 2. The van der Waals surface area contributed by atoms with Gasteiger partial charge in [-0.1, -0.05) is 23.2 Å². The van der Waals surface area contributed by atoms with E-state index in [0.717, 1.165) is 18.5 Å². The van der Waals surface area contributed by atoms with E-state index in [-0.39, 0.29) is 24.3 Å². The van der Waals surface area contributed by atoms with Gasteiger partial charge >= 0.3 is 0 Å². The third kappa shape index (κ3) is 4.30. The van der Waals surface area contributed by atoms with E-state index in [1.807, 2.05) is 4.90 Å². The summed E-state index contributed by atoms with van der Waals surface area (Å²) in [4.78, 5) is 27.9. The molecule has 0 bridgehead atoms. The summed E-state index contributed by atoms with van der Waals surface area (Å²) in [7, 11) is 0. The van der Waals surface area contributed by atoms with Crippen LogP contribution in [-0.4, -0.2) is 54.3 Å². The predicted octanol–water partition coefficient (Wildman–Crippen LogP) is 2.49. The second kappa shape index (κ2) is 6.97. The van der Waals surface area contributed by atoms with Crippen LogP contribution in [0.5, 0.6) is 0 Å². The molecule has 1 aromatic carbocycles. The summed E-state index contributed by atoms with van der Waals surface area (Å²) in [5.41, 5.74) is 0.721. The number of hydrogen-bond donors (Lipinski definition) is 1. The molecule has 0 spiro atoms. The van der Waals surface area contributed by atoms with Crippen LogP contribution in [0, 0.1) is 5.92 Å². The summed E-state index contributed by atoms with van der Waals surface area (Å²) in [5, 5.41) is 4.10. The second-order valence-corrected chi connectivity index (χ2v) is 6.86. The van der Waals surface area contributed by atoms with Gasteiger partial charge in [0.15, 0.2) is 0 Å². The molecule has 1 saturated carbocycles. The highest BCUT2D eigenvalue weighted by Crippen LogP contribution is 2.31. The zero-order valence-corrected chi connectivity index (χ0v) is 14.2. The number of amides is 2. The van der Waals surface area contributed by atoms with Gasteiger partial charge < -0.3 is 15.1 Å². The molecule has 2 fully saturated rings. The molecule has 3 rings (SSSR count). The molecule has 23 heavy (non-hydrogen) atoms. The van der Waals surface area contributed by atoms with E-state index in [4.69, 9.17) is 23.2 Å². The molecule has 1 saturated heterocycles. The van der Waals surface area contributed by atoms with E-state index >= 15 is 0 Å². The Kier molecular flexibility index (Phi) is 4.97. The maximum atomic E-state index is 12.3. The van der Waals surface area contributed by atoms with Crippen LogP contribution in [0.2, 0.25) is 10.0 Å². The predicted molar refractivity (Wildman–Crippen MR) is 90.8 cm³/mol.